The summed E-state index contributed by atoms with van der Waals surface area (Å²) in [4.78, 5) is 28.2. The van der Waals surface area contributed by atoms with Gasteiger partial charge in [-0.25, -0.2) is 4.68 Å². The number of carbonyl (C=O) groups excluding carboxylic acids is 2. The largest absolute Gasteiger partial charge is 0.324 e. The average molecular weight is 340 g/mol. The Labute approximate surface area is 135 Å². The molecule has 7 nitrogen and oxygen atoms in total. The maximum absolute atomic E-state index is 12.4. The number of amides is 2. The van der Waals surface area contributed by atoms with Crippen LogP contribution < -0.4 is 10.6 Å². The first-order valence-corrected chi connectivity index (χ1v) is 7.18. The Hall–Kier alpha value is -2.12. The minimum atomic E-state index is -0.775. The number of benzene rings is 1. The summed E-state index contributed by atoms with van der Waals surface area (Å²) >= 11 is 11.8. The average Bonchev–Trinajstić information content (AvgIpc) is 2.76. The van der Waals surface area contributed by atoms with Gasteiger partial charge in [-0.3, -0.25) is 14.9 Å². The molecule has 1 aromatic carbocycles. The third-order valence-corrected chi connectivity index (χ3v) is 3.53. The summed E-state index contributed by atoms with van der Waals surface area (Å²) in [7, 11) is 0. The van der Waals surface area contributed by atoms with E-state index in [2.05, 4.69) is 20.7 Å². The van der Waals surface area contributed by atoms with E-state index in [1.54, 1.807) is 25.1 Å². The quantitative estimate of drug-likeness (QED) is 0.879. The second-order valence-corrected chi connectivity index (χ2v) is 5.72. The topological polar surface area (TPSA) is 88.9 Å². The van der Waals surface area contributed by atoms with Crippen LogP contribution in [0.3, 0.4) is 0 Å². The minimum absolute atomic E-state index is 0.0179. The number of nitrogens with zero attached hydrogens (tertiary/aromatic N) is 3. The van der Waals surface area contributed by atoms with Crippen LogP contribution in [0.4, 0.5) is 11.6 Å². The molecule has 22 heavy (non-hydrogen) atoms. The normalized spacial score (nSPS) is 16.9. The Morgan fingerprint density at radius 3 is 2.73 bits per heavy atom. The first-order valence-electron chi connectivity index (χ1n) is 6.42. The van der Waals surface area contributed by atoms with Gasteiger partial charge in [-0.05, 0) is 25.1 Å². The van der Waals surface area contributed by atoms with Crippen molar-refractivity contribution in [2.45, 2.75) is 19.4 Å². The highest BCUT2D eigenvalue weighted by atomic mass is 35.5. The fourth-order valence-corrected chi connectivity index (χ4v) is 2.75. The molecule has 0 spiro atoms. The Morgan fingerprint density at radius 1 is 1.36 bits per heavy atom. The molecule has 1 aliphatic heterocycles. The lowest BCUT2D eigenvalue weighted by Crippen LogP contribution is -2.36. The van der Waals surface area contributed by atoms with Crippen LogP contribution in [0.2, 0.25) is 10.0 Å². The molecule has 0 unspecified atom stereocenters. The molecule has 0 saturated heterocycles. The van der Waals surface area contributed by atoms with Crippen LogP contribution in [0.5, 0.6) is 0 Å². The zero-order valence-electron chi connectivity index (χ0n) is 11.4. The van der Waals surface area contributed by atoms with Gasteiger partial charge in [0.15, 0.2) is 0 Å². The van der Waals surface area contributed by atoms with E-state index < -0.39 is 6.04 Å². The van der Waals surface area contributed by atoms with Crippen LogP contribution in [-0.2, 0) is 9.59 Å². The third kappa shape index (κ3) is 2.90. The van der Waals surface area contributed by atoms with Gasteiger partial charge in [0.1, 0.15) is 11.9 Å². The van der Waals surface area contributed by atoms with Crippen molar-refractivity contribution in [3.63, 3.8) is 0 Å². The summed E-state index contributed by atoms with van der Waals surface area (Å²) < 4.78 is 1.40. The molecule has 1 atom stereocenters. The second kappa shape index (κ2) is 5.58. The van der Waals surface area contributed by atoms with Crippen molar-refractivity contribution in [3.8, 4) is 0 Å². The summed E-state index contributed by atoms with van der Waals surface area (Å²) in [6.45, 7) is 1.68. The summed E-state index contributed by atoms with van der Waals surface area (Å²) in [5.74, 6) is 0.0577. The fourth-order valence-electron chi connectivity index (χ4n) is 2.23. The van der Waals surface area contributed by atoms with Crippen LogP contribution in [0, 0.1) is 6.92 Å². The first kappa shape index (κ1) is 14.8. The van der Waals surface area contributed by atoms with Crippen molar-refractivity contribution in [2.75, 3.05) is 10.6 Å². The van der Waals surface area contributed by atoms with E-state index in [1.165, 1.54) is 4.68 Å². The monoisotopic (exact) mass is 339 g/mol. The molecule has 3 rings (SSSR count). The predicted molar refractivity (Wildman–Crippen MR) is 82.1 cm³/mol. The summed E-state index contributed by atoms with van der Waals surface area (Å²) in [5, 5.41) is 10.2. The molecule has 1 aromatic heterocycles. The number of carbonyl (C=O) groups is 2. The number of aromatic nitrogens is 3. The molecule has 114 valence electrons. The van der Waals surface area contributed by atoms with Crippen molar-refractivity contribution in [1.29, 1.82) is 0 Å². The van der Waals surface area contributed by atoms with Gasteiger partial charge >= 0.3 is 0 Å². The van der Waals surface area contributed by atoms with Gasteiger partial charge < -0.3 is 5.32 Å². The smallest absolute Gasteiger partial charge is 0.249 e. The van der Waals surface area contributed by atoms with Crippen LogP contribution in [0.15, 0.2) is 18.2 Å². The van der Waals surface area contributed by atoms with Crippen molar-refractivity contribution < 1.29 is 9.59 Å². The highest BCUT2D eigenvalue weighted by Gasteiger charge is 2.32. The van der Waals surface area contributed by atoms with Crippen molar-refractivity contribution in [2.24, 2.45) is 0 Å². The summed E-state index contributed by atoms with van der Waals surface area (Å²) in [6.07, 6.45) is -0.0179. The molecule has 0 radical (unpaired) electrons. The van der Waals surface area contributed by atoms with E-state index in [9.17, 15) is 9.59 Å². The van der Waals surface area contributed by atoms with Crippen LogP contribution in [0.1, 0.15) is 18.3 Å². The molecule has 1 aliphatic rings. The van der Waals surface area contributed by atoms with Gasteiger partial charge in [0.05, 0.1) is 6.42 Å². The Kier molecular flexibility index (Phi) is 3.76. The Morgan fingerprint density at radius 2 is 2.05 bits per heavy atom. The predicted octanol–water partition coefficient (Wildman–Crippen LogP) is 2.42. The van der Waals surface area contributed by atoms with E-state index in [-0.39, 0.29) is 24.2 Å². The molecule has 2 aromatic rings. The van der Waals surface area contributed by atoms with Crippen molar-refractivity contribution in [1.82, 2.24) is 14.8 Å². The SMILES string of the molecule is Cc1nc2n(n1)[C@@H](C(=O)Nc1cc(Cl)cc(Cl)c1)CC(=O)N2. The summed E-state index contributed by atoms with van der Waals surface area (Å²) in [6, 6.07) is 3.93. The molecule has 0 fully saturated rings. The molecular weight excluding hydrogens is 329 g/mol. The van der Waals surface area contributed by atoms with Crippen LogP contribution in [-0.4, -0.2) is 26.6 Å². The number of aryl methyl sites for hydroxylation is 1. The van der Waals surface area contributed by atoms with Crippen molar-refractivity contribution >= 4 is 46.7 Å². The minimum Gasteiger partial charge on any atom is -0.324 e. The molecule has 9 heteroatoms. The molecule has 2 heterocycles. The van der Waals surface area contributed by atoms with Gasteiger partial charge in [-0.1, -0.05) is 23.2 Å². The van der Waals surface area contributed by atoms with E-state index in [0.717, 1.165) is 0 Å². The lowest BCUT2D eigenvalue weighted by Gasteiger charge is -2.22. The van der Waals surface area contributed by atoms with Gasteiger partial charge in [0.25, 0.3) is 0 Å². The number of hydrogen-bond acceptors (Lipinski definition) is 4. The number of fused-ring (bicyclic) bond motifs is 1. The Bertz CT molecular complexity index is 754. The zero-order chi connectivity index (χ0) is 15.9. The maximum Gasteiger partial charge on any atom is 0.249 e. The number of rotatable bonds is 2. The Balaban J connectivity index is 1.87. The van der Waals surface area contributed by atoms with Crippen molar-refractivity contribution in [3.05, 3.63) is 34.1 Å². The molecule has 2 amide bonds. The highest BCUT2D eigenvalue weighted by molar-refractivity contribution is 6.35. The molecule has 0 saturated carbocycles. The molecule has 2 N–H and O–H groups in total. The zero-order valence-corrected chi connectivity index (χ0v) is 12.9. The second-order valence-electron chi connectivity index (χ2n) is 4.84. The number of nitrogens with one attached hydrogen (secondary N) is 2. The van der Waals surface area contributed by atoms with Gasteiger partial charge in [-0.2, -0.15) is 10.1 Å². The number of hydrogen-bond donors (Lipinski definition) is 2. The number of anilines is 2. The van der Waals surface area contributed by atoms with Gasteiger partial charge in [0, 0.05) is 15.7 Å². The standard InChI is InChI=1S/C13H11Cl2N5O2/c1-6-16-13-18-11(21)5-10(20(13)19-6)12(22)17-9-3-7(14)2-8(15)4-9/h2-4,10H,5H2,1H3,(H,17,22)(H,16,18,19,21)/t10-/m1/s1. The fraction of sp³-hybridized carbons (Fsp3) is 0.231. The lowest BCUT2D eigenvalue weighted by molar-refractivity contribution is -0.125. The summed E-state index contributed by atoms with van der Waals surface area (Å²) in [5.41, 5.74) is 0.451. The maximum atomic E-state index is 12.4. The van der Waals surface area contributed by atoms with E-state index in [1.807, 2.05) is 0 Å². The molecule has 0 aliphatic carbocycles. The number of halogens is 2. The van der Waals surface area contributed by atoms with E-state index in [0.29, 0.717) is 21.6 Å². The molecular formula is C13H11Cl2N5O2. The van der Waals surface area contributed by atoms with Crippen LogP contribution in [0.25, 0.3) is 0 Å². The van der Waals surface area contributed by atoms with E-state index >= 15 is 0 Å². The van der Waals surface area contributed by atoms with Gasteiger partial charge in [0.2, 0.25) is 17.8 Å². The molecule has 0 bridgehead atoms. The lowest BCUT2D eigenvalue weighted by atomic mass is 10.1. The van der Waals surface area contributed by atoms with Gasteiger partial charge in [-0.15, -0.1) is 0 Å². The van der Waals surface area contributed by atoms with E-state index in [4.69, 9.17) is 23.2 Å². The first-order chi connectivity index (χ1) is 10.4. The third-order valence-electron chi connectivity index (χ3n) is 3.10. The highest BCUT2D eigenvalue weighted by Crippen LogP contribution is 2.26. The van der Waals surface area contributed by atoms with Crippen LogP contribution >= 0.6 is 23.2 Å².